The molecule has 5 nitrogen and oxygen atoms in total. The predicted octanol–water partition coefficient (Wildman–Crippen LogP) is 3.81. The summed E-state index contributed by atoms with van der Waals surface area (Å²) in [5.41, 5.74) is 1.85. The fraction of sp³-hybridized carbons (Fsp3) is 0.381. The molecule has 0 radical (unpaired) electrons. The smallest absolute Gasteiger partial charge is 0.251 e. The topological polar surface area (TPSA) is 56.8 Å². The van der Waals surface area contributed by atoms with Gasteiger partial charge in [-0.05, 0) is 35.2 Å². The molecule has 0 saturated heterocycles. The van der Waals surface area contributed by atoms with E-state index in [2.05, 4.69) is 38.2 Å². The van der Waals surface area contributed by atoms with E-state index in [0.29, 0.717) is 30.2 Å². The van der Waals surface area contributed by atoms with Gasteiger partial charge in [-0.2, -0.15) is 0 Å². The molecule has 2 rings (SSSR count). The average Bonchev–Trinajstić information content (AvgIpc) is 2.64. The van der Waals surface area contributed by atoms with Crippen molar-refractivity contribution >= 4 is 5.91 Å². The van der Waals surface area contributed by atoms with Gasteiger partial charge < -0.3 is 19.5 Å². The van der Waals surface area contributed by atoms with Gasteiger partial charge in [0.05, 0.1) is 20.8 Å². The first-order valence-electron chi connectivity index (χ1n) is 8.58. The van der Waals surface area contributed by atoms with Crippen LogP contribution in [-0.2, 0) is 5.41 Å². The van der Waals surface area contributed by atoms with Gasteiger partial charge >= 0.3 is 0 Å². The maximum atomic E-state index is 12.3. The molecule has 5 heteroatoms. The number of ether oxygens (including phenoxy) is 3. The van der Waals surface area contributed by atoms with Gasteiger partial charge in [0.25, 0.3) is 5.91 Å². The molecule has 0 saturated carbocycles. The Bertz CT molecular complexity index is 710. The highest BCUT2D eigenvalue weighted by atomic mass is 16.5. The van der Waals surface area contributed by atoms with Crippen LogP contribution < -0.4 is 19.5 Å². The molecule has 0 bridgehead atoms. The first kappa shape index (κ1) is 19.6. The number of nitrogens with one attached hydrogen (secondary N) is 1. The van der Waals surface area contributed by atoms with Gasteiger partial charge in [0, 0.05) is 11.6 Å². The molecule has 140 valence electrons. The third-order valence-electron chi connectivity index (χ3n) is 3.99. The monoisotopic (exact) mass is 357 g/mol. The Kier molecular flexibility index (Phi) is 6.50. The third-order valence-corrected chi connectivity index (χ3v) is 3.99. The summed E-state index contributed by atoms with van der Waals surface area (Å²) in [5, 5.41) is 2.83. The Morgan fingerprint density at radius 1 is 0.923 bits per heavy atom. The van der Waals surface area contributed by atoms with Crippen molar-refractivity contribution < 1.29 is 19.0 Å². The molecular weight excluding hydrogens is 330 g/mol. The molecule has 0 spiro atoms. The summed E-state index contributed by atoms with van der Waals surface area (Å²) in [6.07, 6.45) is 0. The standard InChI is InChI=1S/C21H27NO4/c1-21(2,3)16-6-8-17(9-7-16)26-11-10-22-20(23)15-12-18(24-4)14-19(13-15)25-5/h6-9,12-14H,10-11H2,1-5H3,(H,22,23). The Morgan fingerprint density at radius 3 is 2.00 bits per heavy atom. The lowest BCUT2D eigenvalue weighted by molar-refractivity contribution is 0.0946. The minimum Gasteiger partial charge on any atom is -0.497 e. The number of hydrogen-bond acceptors (Lipinski definition) is 4. The van der Waals surface area contributed by atoms with Gasteiger partial charge in [0.2, 0.25) is 0 Å². The number of methoxy groups -OCH3 is 2. The van der Waals surface area contributed by atoms with Crippen LogP contribution in [0.5, 0.6) is 17.2 Å². The first-order valence-corrected chi connectivity index (χ1v) is 8.58. The van der Waals surface area contributed by atoms with Gasteiger partial charge in [-0.3, -0.25) is 4.79 Å². The Morgan fingerprint density at radius 2 is 1.50 bits per heavy atom. The molecule has 26 heavy (non-hydrogen) atoms. The van der Waals surface area contributed by atoms with Crippen LogP contribution in [0.1, 0.15) is 36.7 Å². The molecule has 0 heterocycles. The SMILES string of the molecule is COc1cc(OC)cc(C(=O)NCCOc2ccc(C(C)(C)C)cc2)c1. The van der Waals surface area contributed by atoms with Crippen molar-refractivity contribution in [3.63, 3.8) is 0 Å². The molecule has 0 aliphatic heterocycles. The van der Waals surface area contributed by atoms with Crippen molar-refractivity contribution in [1.29, 1.82) is 0 Å². The van der Waals surface area contributed by atoms with Crippen molar-refractivity contribution in [3.05, 3.63) is 53.6 Å². The van der Waals surface area contributed by atoms with E-state index in [-0.39, 0.29) is 11.3 Å². The largest absolute Gasteiger partial charge is 0.497 e. The van der Waals surface area contributed by atoms with Crippen molar-refractivity contribution in [1.82, 2.24) is 5.32 Å². The minimum atomic E-state index is -0.200. The molecule has 2 aromatic carbocycles. The van der Waals surface area contributed by atoms with Gasteiger partial charge in [-0.15, -0.1) is 0 Å². The molecular formula is C21H27NO4. The summed E-state index contributed by atoms with van der Waals surface area (Å²) >= 11 is 0. The number of benzene rings is 2. The zero-order valence-corrected chi connectivity index (χ0v) is 16.1. The van der Waals surface area contributed by atoms with Gasteiger partial charge in [0.1, 0.15) is 23.9 Å². The van der Waals surface area contributed by atoms with Crippen LogP contribution >= 0.6 is 0 Å². The second-order valence-electron chi connectivity index (χ2n) is 6.98. The van der Waals surface area contributed by atoms with Gasteiger partial charge in [0.15, 0.2) is 0 Å². The van der Waals surface area contributed by atoms with Crippen LogP contribution in [0.15, 0.2) is 42.5 Å². The Balaban J connectivity index is 1.85. The predicted molar refractivity (Wildman–Crippen MR) is 103 cm³/mol. The molecule has 2 aromatic rings. The van der Waals surface area contributed by atoms with Gasteiger partial charge in [-0.1, -0.05) is 32.9 Å². The zero-order chi connectivity index (χ0) is 19.2. The lowest BCUT2D eigenvalue weighted by Crippen LogP contribution is -2.28. The molecule has 0 aliphatic carbocycles. The zero-order valence-electron chi connectivity index (χ0n) is 16.1. The van der Waals surface area contributed by atoms with Crippen molar-refractivity contribution in [2.45, 2.75) is 26.2 Å². The maximum absolute atomic E-state index is 12.3. The van der Waals surface area contributed by atoms with Crippen molar-refractivity contribution in [3.8, 4) is 17.2 Å². The van der Waals surface area contributed by atoms with E-state index in [0.717, 1.165) is 5.75 Å². The number of carbonyl (C=O) groups excluding carboxylic acids is 1. The van der Waals surface area contributed by atoms with E-state index in [1.807, 2.05) is 12.1 Å². The highest BCUT2D eigenvalue weighted by Crippen LogP contribution is 2.24. The molecule has 0 fully saturated rings. The second kappa shape index (κ2) is 8.61. The summed E-state index contributed by atoms with van der Waals surface area (Å²) in [7, 11) is 3.10. The number of hydrogen-bond donors (Lipinski definition) is 1. The van der Waals surface area contributed by atoms with E-state index < -0.39 is 0 Å². The molecule has 0 atom stereocenters. The first-order chi connectivity index (χ1) is 12.3. The van der Waals surface area contributed by atoms with Crippen LogP contribution in [-0.4, -0.2) is 33.3 Å². The van der Waals surface area contributed by atoms with Crippen LogP contribution in [0.25, 0.3) is 0 Å². The normalized spacial score (nSPS) is 11.0. The van der Waals surface area contributed by atoms with Crippen molar-refractivity contribution in [2.75, 3.05) is 27.4 Å². The summed E-state index contributed by atoms with van der Waals surface area (Å²) < 4.78 is 16.0. The molecule has 0 unspecified atom stereocenters. The fourth-order valence-electron chi connectivity index (χ4n) is 2.43. The minimum absolute atomic E-state index is 0.115. The lowest BCUT2D eigenvalue weighted by Gasteiger charge is -2.19. The fourth-order valence-corrected chi connectivity index (χ4v) is 2.43. The molecule has 0 aliphatic rings. The summed E-state index contributed by atoms with van der Waals surface area (Å²) in [6.45, 7) is 7.31. The number of amides is 1. The highest BCUT2D eigenvalue weighted by molar-refractivity contribution is 5.95. The van der Waals surface area contributed by atoms with E-state index in [9.17, 15) is 4.79 Å². The summed E-state index contributed by atoms with van der Waals surface area (Å²) in [4.78, 5) is 12.3. The Hall–Kier alpha value is -2.69. The maximum Gasteiger partial charge on any atom is 0.251 e. The second-order valence-corrected chi connectivity index (χ2v) is 6.98. The van der Waals surface area contributed by atoms with E-state index in [4.69, 9.17) is 14.2 Å². The summed E-state index contributed by atoms with van der Waals surface area (Å²) in [6, 6.07) is 13.1. The molecule has 1 amide bonds. The van der Waals surface area contributed by atoms with Crippen LogP contribution in [0.2, 0.25) is 0 Å². The highest BCUT2D eigenvalue weighted by Gasteiger charge is 2.13. The van der Waals surface area contributed by atoms with E-state index in [1.54, 1.807) is 32.4 Å². The van der Waals surface area contributed by atoms with Gasteiger partial charge in [-0.25, -0.2) is 0 Å². The third kappa shape index (κ3) is 5.41. The van der Waals surface area contributed by atoms with Crippen LogP contribution in [0, 0.1) is 0 Å². The van der Waals surface area contributed by atoms with E-state index in [1.165, 1.54) is 5.56 Å². The lowest BCUT2D eigenvalue weighted by atomic mass is 9.87. The summed E-state index contributed by atoms with van der Waals surface area (Å²) in [5.74, 6) is 1.73. The quantitative estimate of drug-likeness (QED) is 0.766. The van der Waals surface area contributed by atoms with Crippen LogP contribution in [0.3, 0.4) is 0 Å². The number of rotatable bonds is 7. The van der Waals surface area contributed by atoms with Crippen molar-refractivity contribution in [2.24, 2.45) is 0 Å². The molecule has 0 aromatic heterocycles. The van der Waals surface area contributed by atoms with E-state index >= 15 is 0 Å². The molecule has 1 N–H and O–H groups in total. The average molecular weight is 357 g/mol. The Labute approximate surface area is 155 Å². The number of carbonyl (C=O) groups is 1. The van der Waals surface area contributed by atoms with Crippen LogP contribution in [0.4, 0.5) is 0 Å².